The number of imidazole rings is 1. The molecule has 1 N–H and O–H groups in total. The highest BCUT2D eigenvalue weighted by Crippen LogP contribution is 2.38. The number of aromatic nitrogens is 3. The van der Waals surface area contributed by atoms with Crippen molar-refractivity contribution in [2.75, 3.05) is 0 Å². The average molecular weight is 256 g/mol. The molecular weight excluding hydrogens is 236 g/mol. The largest absolute Gasteiger partial charge is 0.324 e. The van der Waals surface area contributed by atoms with Crippen LogP contribution in [0.4, 0.5) is 0 Å². The van der Waals surface area contributed by atoms with Crippen LogP contribution in [0.15, 0.2) is 18.5 Å². The standard InChI is InChI=1S/C15H20N4/c1-2-4-11(3-1)17-10-15-18-13-9-16-8-7-14(13)19(15)12-5-6-12/h7-9,11-12,17H,1-6,10H2. The van der Waals surface area contributed by atoms with E-state index in [-0.39, 0.29) is 0 Å². The van der Waals surface area contributed by atoms with Gasteiger partial charge in [0, 0.05) is 18.3 Å². The number of hydrogen-bond acceptors (Lipinski definition) is 3. The summed E-state index contributed by atoms with van der Waals surface area (Å²) in [5.41, 5.74) is 2.29. The molecule has 0 amide bonds. The highest BCUT2D eigenvalue weighted by Gasteiger charge is 2.28. The molecule has 0 bridgehead atoms. The van der Waals surface area contributed by atoms with Gasteiger partial charge in [0.1, 0.15) is 11.3 Å². The normalized spacial score (nSPS) is 20.4. The molecule has 0 unspecified atom stereocenters. The summed E-state index contributed by atoms with van der Waals surface area (Å²) in [5, 5.41) is 3.68. The van der Waals surface area contributed by atoms with E-state index in [1.54, 1.807) is 0 Å². The lowest BCUT2D eigenvalue weighted by Gasteiger charge is -2.13. The molecule has 19 heavy (non-hydrogen) atoms. The van der Waals surface area contributed by atoms with Crippen molar-refractivity contribution in [1.82, 2.24) is 19.9 Å². The zero-order valence-corrected chi connectivity index (χ0v) is 11.2. The van der Waals surface area contributed by atoms with Gasteiger partial charge in [-0.15, -0.1) is 0 Å². The van der Waals surface area contributed by atoms with Crippen molar-refractivity contribution in [3.8, 4) is 0 Å². The minimum absolute atomic E-state index is 0.674. The first-order chi connectivity index (χ1) is 9.42. The van der Waals surface area contributed by atoms with E-state index >= 15 is 0 Å². The summed E-state index contributed by atoms with van der Waals surface area (Å²) in [6, 6.07) is 3.47. The Morgan fingerprint density at radius 1 is 1.21 bits per heavy atom. The molecule has 2 aromatic rings. The molecular formula is C15H20N4. The second kappa shape index (κ2) is 4.60. The maximum atomic E-state index is 4.77. The van der Waals surface area contributed by atoms with E-state index in [0.717, 1.165) is 12.1 Å². The first-order valence-corrected chi connectivity index (χ1v) is 7.46. The summed E-state index contributed by atoms with van der Waals surface area (Å²) < 4.78 is 2.43. The number of pyridine rings is 1. The highest BCUT2D eigenvalue weighted by atomic mass is 15.2. The zero-order chi connectivity index (χ0) is 12.7. The van der Waals surface area contributed by atoms with E-state index < -0.39 is 0 Å². The molecule has 4 rings (SSSR count). The van der Waals surface area contributed by atoms with Crippen LogP contribution in [0.2, 0.25) is 0 Å². The third-order valence-corrected chi connectivity index (χ3v) is 4.38. The van der Waals surface area contributed by atoms with Crippen molar-refractivity contribution in [2.24, 2.45) is 0 Å². The van der Waals surface area contributed by atoms with Crippen LogP contribution in [-0.4, -0.2) is 20.6 Å². The van der Waals surface area contributed by atoms with E-state index in [1.807, 2.05) is 12.4 Å². The third-order valence-electron chi connectivity index (χ3n) is 4.38. The minimum atomic E-state index is 0.674. The van der Waals surface area contributed by atoms with Crippen LogP contribution in [0.5, 0.6) is 0 Å². The highest BCUT2D eigenvalue weighted by molar-refractivity contribution is 5.75. The SMILES string of the molecule is c1cc2c(cn1)nc(CNC1CCCC1)n2C1CC1. The summed E-state index contributed by atoms with van der Waals surface area (Å²) in [6.45, 7) is 0.899. The number of nitrogens with zero attached hydrogens (tertiary/aromatic N) is 3. The fraction of sp³-hybridized carbons (Fsp3) is 0.600. The molecule has 4 nitrogen and oxygen atoms in total. The molecule has 0 aliphatic heterocycles. The Bertz CT molecular complexity index is 579. The molecule has 2 fully saturated rings. The molecule has 0 spiro atoms. The topological polar surface area (TPSA) is 42.7 Å². The van der Waals surface area contributed by atoms with Crippen LogP contribution in [-0.2, 0) is 6.54 Å². The van der Waals surface area contributed by atoms with E-state index in [1.165, 1.54) is 49.9 Å². The summed E-state index contributed by atoms with van der Waals surface area (Å²) in [5.74, 6) is 1.19. The Morgan fingerprint density at radius 2 is 2.05 bits per heavy atom. The smallest absolute Gasteiger partial charge is 0.124 e. The van der Waals surface area contributed by atoms with Crippen molar-refractivity contribution >= 4 is 11.0 Å². The van der Waals surface area contributed by atoms with Gasteiger partial charge >= 0.3 is 0 Å². The van der Waals surface area contributed by atoms with Crippen LogP contribution in [0.1, 0.15) is 50.4 Å². The third kappa shape index (κ3) is 2.14. The number of fused-ring (bicyclic) bond motifs is 1. The van der Waals surface area contributed by atoms with Gasteiger partial charge in [-0.3, -0.25) is 4.98 Å². The summed E-state index contributed by atoms with van der Waals surface area (Å²) in [4.78, 5) is 8.96. The van der Waals surface area contributed by atoms with Crippen molar-refractivity contribution in [3.05, 3.63) is 24.3 Å². The Kier molecular flexibility index (Phi) is 2.76. The van der Waals surface area contributed by atoms with Gasteiger partial charge in [0.25, 0.3) is 0 Å². The van der Waals surface area contributed by atoms with Crippen LogP contribution >= 0.6 is 0 Å². The fourth-order valence-corrected chi connectivity index (χ4v) is 3.23. The summed E-state index contributed by atoms with van der Waals surface area (Å²) >= 11 is 0. The molecule has 100 valence electrons. The Hall–Kier alpha value is -1.42. The van der Waals surface area contributed by atoms with E-state index in [2.05, 4.69) is 20.9 Å². The molecule has 4 heteroatoms. The molecule has 2 saturated carbocycles. The van der Waals surface area contributed by atoms with E-state index in [9.17, 15) is 0 Å². The van der Waals surface area contributed by atoms with Gasteiger partial charge < -0.3 is 9.88 Å². The number of nitrogens with one attached hydrogen (secondary N) is 1. The second-order valence-electron chi connectivity index (χ2n) is 5.86. The van der Waals surface area contributed by atoms with Gasteiger partial charge in [-0.25, -0.2) is 4.98 Å². The van der Waals surface area contributed by atoms with Crippen LogP contribution in [0.25, 0.3) is 11.0 Å². The van der Waals surface area contributed by atoms with Crippen molar-refractivity contribution in [1.29, 1.82) is 0 Å². The minimum Gasteiger partial charge on any atom is -0.324 e. The van der Waals surface area contributed by atoms with Crippen LogP contribution in [0, 0.1) is 0 Å². The molecule has 2 aliphatic carbocycles. The number of rotatable bonds is 4. The van der Waals surface area contributed by atoms with Gasteiger partial charge in [0.2, 0.25) is 0 Å². The van der Waals surface area contributed by atoms with Gasteiger partial charge in [0.05, 0.1) is 18.3 Å². The van der Waals surface area contributed by atoms with Gasteiger partial charge in [-0.05, 0) is 31.7 Å². The molecule has 2 heterocycles. The first kappa shape index (κ1) is 11.4. The number of hydrogen-bond donors (Lipinski definition) is 1. The first-order valence-electron chi connectivity index (χ1n) is 7.46. The zero-order valence-electron chi connectivity index (χ0n) is 11.2. The Labute approximate surface area is 113 Å². The molecule has 0 atom stereocenters. The molecule has 2 aromatic heterocycles. The van der Waals surface area contributed by atoms with Gasteiger partial charge in [-0.2, -0.15) is 0 Å². The molecule has 0 aromatic carbocycles. The average Bonchev–Trinajstić information content (AvgIpc) is 3.02. The predicted molar refractivity (Wildman–Crippen MR) is 74.9 cm³/mol. The fourth-order valence-electron chi connectivity index (χ4n) is 3.23. The predicted octanol–water partition coefficient (Wildman–Crippen LogP) is 2.80. The maximum Gasteiger partial charge on any atom is 0.124 e. The van der Waals surface area contributed by atoms with Crippen molar-refractivity contribution in [2.45, 2.75) is 57.2 Å². The van der Waals surface area contributed by atoms with E-state index in [4.69, 9.17) is 4.98 Å². The Balaban J connectivity index is 1.62. The van der Waals surface area contributed by atoms with Gasteiger partial charge in [0.15, 0.2) is 0 Å². The summed E-state index contributed by atoms with van der Waals surface area (Å²) in [7, 11) is 0. The quantitative estimate of drug-likeness (QED) is 0.914. The summed E-state index contributed by atoms with van der Waals surface area (Å²) in [6.07, 6.45) is 11.7. The lowest BCUT2D eigenvalue weighted by atomic mass is 10.2. The lowest BCUT2D eigenvalue weighted by Crippen LogP contribution is -2.26. The van der Waals surface area contributed by atoms with Crippen LogP contribution < -0.4 is 5.32 Å². The van der Waals surface area contributed by atoms with Gasteiger partial charge in [-0.1, -0.05) is 12.8 Å². The lowest BCUT2D eigenvalue weighted by molar-refractivity contribution is 0.502. The molecule has 2 aliphatic rings. The Morgan fingerprint density at radius 3 is 2.84 bits per heavy atom. The van der Waals surface area contributed by atoms with Crippen molar-refractivity contribution < 1.29 is 0 Å². The molecule has 0 radical (unpaired) electrons. The van der Waals surface area contributed by atoms with E-state index in [0.29, 0.717) is 12.1 Å². The maximum absolute atomic E-state index is 4.77. The second-order valence-corrected chi connectivity index (χ2v) is 5.86. The van der Waals surface area contributed by atoms with Crippen molar-refractivity contribution in [3.63, 3.8) is 0 Å². The molecule has 0 saturated heterocycles. The van der Waals surface area contributed by atoms with Crippen LogP contribution in [0.3, 0.4) is 0 Å². The monoisotopic (exact) mass is 256 g/mol.